The van der Waals surface area contributed by atoms with Crippen molar-refractivity contribution in [3.63, 3.8) is 0 Å². The molecule has 0 fully saturated rings. The van der Waals surface area contributed by atoms with Gasteiger partial charge in [0.25, 0.3) is 0 Å². The second kappa shape index (κ2) is 6.91. The molecule has 2 aromatic rings. The van der Waals surface area contributed by atoms with E-state index in [4.69, 9.17) is 28.9 Å². The number of nitrogens with one attached hydrogen (secondary N) is 1. The van der Waals surface area contributed by atoms with Crippen molar-refractivity contribution in [3.8, 4) is 0 Å². The van der Waals surface area contributed by atoms with Crippen LogP contribution in [-0.2, 0) is 0 Å². The summed E-state index contributed by atoms with van der Waals surface area (Å²) in [7, 11) is 0. The summed E-state index contributed by atoms with van der Waals surface area (Å²) >= 11 is 15.8. The van der Waals surface area contributed by atoms with E-state index in [1.807, 2.05) is 0 Å². The molecule has 3 N–H and O–H groups in total. The number of nitrogens with two attached hydrogens (primary N) is 1. The Labute approximate surface area is 142 Å². The van der Waals surface area contributed by atoms with Crippen LogP contribution in [0.3, 0.4) is 0 Å². The van der Waals surface area contributed by atoms with E-state index >= 15 is 0 Å². The minimum atomic E-state index is -0.544. The molecule has 0 heterocycles. The van der Waals surface area contributed by atoms with E-state index in [-0.39, 0.29) is 0 Å². The Hall–Kier alpha value is -1.89. The van der Waals surface area contributed by atoms with Crippen LogP contribution in [0.4, 0.5) is 16.2 Å². The number of benzene rings is 2. The van der Waals surface area contributed by atoms with E-state index in [9.17, 15) is 9.59 Å². The molecule has 114 valence electrons. The molecule has 22 heavy (non-hydrogen) atoms. The summed E-state index contributed by atoms with van der Waals surface area (Å²) in [6.45, 7) is 0. The predicted molar refractivity (Wildman–Crippen MR) is 91.9 cm³/mol. The number of carbonyl (C=O) groups excluding carboxylic acids is 2. The Kier molecular flexibility index (Phi) is 5.18. The van der Waals surface area contributed by atoms with Gasteiger partial charge >= 0.3 is 6.03 Å². The lowest BCUT2D eigenvalue weighted by Gasteiger charge is -2.17. The maximum atomic E-state index is 12.1. The minimum Gasteiger partial charge on any atom is -0.366 e. The van der Waals surface area contributed by atoms with Crippen LogP contribution in [0.5, 0.6) is 0 Å². The maximum absolute atomic E-state index is 12.1. The van der Waals surface area contributed by atoms with Crippen molar-refractivity contribution in [2.45, 2.75) is 0 Å². The molecule has 0 saturated heterocycles. The lowest BCUT2D eigenvalue weighted by atomic mass is 10.2. The van der Waals surface area contributed by atoms with Gasteiger partial charge in [-0.1, -0.05) is 36.0 Å². The highest BCUT2D eigenvalue weighted by Crippen LogP contribution is 2.26. The van der Waals surface area contributed by atoms with Gasteiger partial charge in [-0.05, 0) is 42.5 Å². The predicted octanol–water partition coefficient (Wildman–Crippen LogP) is 3.98. The van der Waals surface area contributed by atoms with Gasteiger partial charge in [0, 0.05) is 11.3 Å². The van der Waals surface area contributed by atoms with Crippen LogP contribution >= 0.6 is 36.0 Å². The number of hydrogen-bond donors (Lipinski definition) is 3. The molecule has 3 amide bonds. The first kappa shape index (κ1) is 16.5. The number of nitrogens with zero attached hydrogens (tertiary/aromatic N) is 1. The number of thiol groups is 1. The summed E-state index contributed by atoms with van der Waals surface area (Å²) < 4.78 is 1.09. The highest BCUT2D eigenvalue weighted by Gasteiger charge is 2.13. The number of rotatable bonds is 3. The van der Waals surface area contributed by atoms with Crippen molar-refractivity contribution in [2.24, 2.45) is 5.73 Å². The fraction of sp³-hybridized carbons (Fsp3) is 0. The summed E-state index contributed by atoms with van der Waals surface area (Å²) in [4.78, 5) is 23.1. The second-order valence-electron chi connectivity index (χ2n) is 4.28. The molecule has 8 heteroatoms. The Morgan fingerprint density at radius 3 is 2.23 bits per heavy atom. The molecule has 0 aliphatic heterocycles. The summed E-state index contributed by atoms with van der Waals surface area (Å²) in [6, 6.07) is 10.4. The van der Waals surface area contributed by atoms with Gasteiger partial charge in [-0.3, -0.25) is 4.79 Å². The van der Waals surface area contributed by atoms with E-state index in [0.717, 1.165) is 4.31 Å². The van der Waals surface area contributed by atoms with Crippen molar-refractivity contribution in [1.29, 1.82) is 0 Å². The molecule has 2 rings (SSSR count). The Morgan fingerprint density at radius 2 is 1.68 bits per heavy atom. The normalized spacial score (nSPS) is 10.1. The van der Waals surface area contributed by atoms with Crippen LogP contribution in [0.15, 0.2) is 42.5 Å². The van der Waals surface area contributed by atoms with Crippen molar-refractivity contribution in [2.75, 3.05) is 9.62 Å². The number of urea groups is 1. The summed E-state index contributed by atoms with van der Waals surface area (Å²) in [6.07, 6.45) is 0. The lowest BCUT2D eigenvalue weighted by molar-refractivity contribution is 0.100. The summed E-state index contributed by atoms with van der Waals surface area (Å²) in [5, 5.41) is 3.34. The molecule has 2 aromatic carbocycles. The van der Waals surface area contributed by atoms with Gasteiger partial charge in [-0.25, -0.2) is 9.10 Å². The lowest BCUT2D eigenvalue weighted by Crippen LogP contribution is -2.26. The molecule has 0 saturated carbocycles. The van der Waals surface area contributed by atoms with Crippen molar-refractivity contribution >= 4 is 59.3 Å². The number of primary amides is 1. The van der Waals surface area contributed by atoms with E-state index in [1.54, 1.807) is 24.3 Å². The zero-order valence-corrected chi connectivity index (χ0v) is 13.5. The van der Waals surface area contributed by atoms with Gasteiger partial charge in [0.1, 0.15) is 0 Å². The average Bonchev–Trinajstić information content (AvgIpc) is 2.50. The topological polar surface area (TPSA) is 75.4 Å². The van der Waals surface area contributed by atoms with Gasteiger partial charge in [0.05, 0.1) is 15.7 Å². The van der Waals surface area contributed by atoms with E-state index < -0.39 is 11.9 Å². The Morgan fingerprint density at radius 1 is 1.05 bits per heavy atom. The molecular weight excluding hydrogens is 345 g/mol. The first-order valence-corrected chi connectivity index (χ1v) is 7.19. The molecule has 0 spiro atoms. The minimum absolute atomic E-state index is 0.330. The third-order valence-corrected chi connectivity index (χ3v) is 3.91. The molecule has 0 radical (unpaired) electrons. The quantitative estimate of drug-likeness (QED) is 0.728. The summed E-state index contributed by atoms with van der Waals surface area (Å²) in [5.74, 6) is -0.544. The molecule has 0 bridgehead atoms. The number of amides is 3. The monoisotopic (exact) mass is 355 g/mol. The van der Waals surface area contributed by atoms with Gasteiger partial charge in [0.2, 0.25) is 5.91 Å². The highest BCUT2D eigenvalue weighted by atomic mass is 35.5. The Balaban J connectivity index is 2.11. The summed E-state index contributed by atoms with van der Waals surface area (Å²) in [5.41, 5.74) is 6.45. The molecule has 0 aromatic heterocycles. The maximum Gasteiger partial charge on any atom is 0.336 e. The van der Waals surface area contributed by atoms with Crippen molar-refractivity contribution < 1.29 is 9.59 Å². The number of hydrogen-bond acceptors (Lipinski definition) is 3. The average molecular weight is 356 g/mol. The molecular formula is C14H11Cl2N3O2S. The van der Waals surface area contributed by atoms with Gasteiger partial charge in [-0.2, -0.15) is 0 Å². The highest BCUT2D eigenvalue weighted by molar-refractivity contribution is 7.82. The zero-order valence-electron chi connectivity index (χ0n) is 11.1. The number of anilines is 2. The van der Waals surface area contributed by atoms with Crippen LogP contribution in [0.1, 0.15) is 10.4 Å². The Bertz CT molecular complexity index is 723. The molecule has 5 nitrogen and oxygen atoms in total. The van der Waals surface area contributed by atoms with Gasteiger partial charge < -0.3 is 11.1 Å². The standard InChI is InChI=1S/C14H11Cl2N3O2S/c15-11-6-3-9(7-12(11)16)18-14(21)19(22)10-4-1-8(2-5-10)13(17)20/h1-7,22H,(H2,17,20)(H,18,21). The van der Waals surface area contributed by atoms with Crippen LogP contribution in [0.25, 0.3) is 0 Å². The van der Waals surface area contributed by atoms with Crippen LogP contribution < -0.4 is 15.4 Å². The van der Waals surface area contributed by atoms with Crippen LogP contribution in [-0.4, -0.2) is 11.9 Å². The first-order valence-electron chi connectivity index (χ1n) is 6.03. The fourth-order valence-corrected chi connectivity index (χ4v) is 2.12. The molecule has 0 unspecified atom stereocenters. The second-order valence-corrected chi connectivity index (χ2v) is 5.50. The van der Waals surface area contributed by atoms with Crippen LogP contribution in [0, 0.1) is 0 Å². The smallest absolute Gasteiger partial charge is 0.336 e. The van der Waals surface area contributed by atoms with Gasteiger partial charge in [0.15, 0.2) is 0 Å². The third kappa shape index (κ3) is 3.85. The third-order valence-electron chi connectivity index (χ3n) is 2.76. The molecule has 0 aliphatic carbocycles. The van der Waals surface area contributed by atoms with E-state index in [0.29, 0.717) is 27.0 Å². The van der Waals surface area contributed by atoms with E-state index in [1.165, 1.54) is 18.2 Å². The number of halogens is 2. The SMILES string of the molecule is NC(=O)c1ccc(N(S)C(=O)Nc2ccc(Cl)c(Cl)c2)cc1. The first-order chi connectivity index (χ1) is 10.4. The zero-order chi connectivity index (χ0) is 16.3. The fourth-order valence-electron chi connectivity index (χ4n) is 1.63. The largest absolute Gasteiger partial charge is 0.366 e. The van der Waals surface area contributed by atoms with E-state index in [2.05, 4.69) is 18.1 Å². The number of carbonyl (C=O) groups is 2. The molecule has 0 atom stereocenters. The molecule has 0 aliphatic rings. The van der Waals surface area contributed by atoms with Crippen molar-refractivity contribution in [3.05, 3.63) is 58.1 Å². The van der Waals surface area contributed by atoms with Crippen molar-refractivity contribution in [1.82, 2.24) is 0 Å². The van der Waals surface area contributed by atoms with Gasteiger partial charge in [-0.15, -0.1) is 0 Å². The van der Waals surface area contributed by atoms with Crippen LogP contribution in [0.2, 0.25) is 10.0 Å².